The largest absolute Gasteiger partial charge is 2.00 e. The smallest absolute Gasteiger partial charge is 0.753 e. The minimum atomic E-state index is 0. The van der Waals surface area contributed by atoms with Crippen LogP contribution in [0.3, 0.4) is 0 Å². The number of carbonyl (C=O) groups is 4. The Morgan fingerprint density at radius 1 is 0.302 bits per heavy atom. The van der Waals surface area contributed by atoms with E-state index in [4.69, 9.17) is 10.8 Å². The van der Waals surface area contributed by atoms with Crippen molar-refractivity contribution < 1.29 is 35.7 Å². The maximum Gasteiger partial charge on any atom is 2.00 e. The van der Waals surface area contributed by atoms with Gasteiger partial charge >= 0.3 is 16.5 Å². The molecule has 0 radical (unpaired) electrons. The quantitative estimate of drug-likeness (QED) is 0.0620. The molecular weight excluding hydrogens is 871 g/mol. The fourth-order valence-corrected chi connectivity index (χ4v) is 5.04. The second kappa shape index (κ2) is 31.2. The van der Waals surface area contributed by atoms with Gasteiger partial charge < -0.3 is 10.8 Å². The summed E-state index contributed by atoms with van der Waals surface area (Å²) in [6, 6.07) is 50.6. The Morgan fingerprint density at radius 3 is 0.571 bits per heavy atom. The first-order chi connectivity index (χ1) is 30.3. The van der Waals surface area contributed by atoms with Gasteiger partial charge in [-0.05, 0) is 48.5 Å². The van der Waals surface area contributed by atoms with Gasteiger partial charge in [-0.15, -0.1) is 0 Å². The van der Waals surface area contributed by atoms with Crippen molar-refractivity contribution in [2.75, 3.05) is 0 Å². The Morgan fingerprint density at radius 2 is 0.429 bits per heavy atom. The van der Waals surface area contributed by atoms with Crippen LogP contribution in [0.1, 0.15) is 63.7 Å². The molecule has 13 heteroatoms. The summed E-state index contributed by atoms with van der Waals surface area (Å²) < 4.78 is 0. The minimum Gasteiger partial charge on any atom is -0.753 e. The van der Waals surface area contributed by atoms with Crippen molar-refractivity contribution in [2.24, 2.45) is 0 Å². The third-order valence-corrected chi connectivity index (χ3v) is 7.91. The van der Waals surface area contributed by atoms with Crippen LogP contribution in [0.5, 0.6) is 0 Å². The predicted octanol–water partition coefficient (Wildman–Crippen LogP) is 10.6. The Balaban J connectivity index is 0.000000275. The van der Waals surface area contributed by atoms with Crippen molar-refractivity contribution in [1.29, 1.82) is 0 Å². The summed E-state index contributed by atoms with van der Waals surface area (Å²) >= 11 is 7.40. The Hall–Kier alpha value is -7.75. The van der Waals surface area contributed by atoms with Gasteiger partial charge in [0.15, 0.2) is 23.1 Å². The SMILES string of the molecule is O=C(c1ccccc1)c1ccncc1.O=C(c1ccccc1)c1ccncc1.O=C(c1ccccc1)c1ccncc1.O=C(c1ccccc1)c1ccncc1.[N-]=C=S.[N-]=C=S.[Ni+2]. The minimum absolute atomic E-state index is 0. The molecule has 0 saturated heterocycles. The number of carbonyl (C=O) groups excluding carboxylic acids is 4. The van der Waals surface area contributed by atoms with E-state index in [1.165, 1.54) is 10.3 Å². The van der Waals surface area contributed by atoms with Crippen molar-refractivity contribution in [3.05, 3.63) is 275 Å². The molecule has 0 aliphatic heterocycles. The first-order valence-corrected chi connectivity index (χ1v) is 19.2. The van der Waals surface area contributed by atoms with Crippen LogP contribution in [0, 0.1) is 0 Å². The summed E-state index contributed by atoms with van der Waals surface area (Å²) in [5.41, 5.74) is 5.52. The number of hydrogen-bond acceptors (Lipinski definition) is 10. The van der Waals surface area contributed by atoms with Crippen molar-refractivity contribution in [3.8, 4) is 0 Å². The molecular formula is C50H36N6NiO4S2. The van der Waals surface area contributed by atoms with E-state index in [-0.39, 0.29) is 39.6 Å². The van der Waals surface area contributed by atoms with E-state index in [0.717, 1.165) is 0 Å². The van der Waals surface area contributed by atoms with Crippen molar-refractivity contribution in [1.82, 2.24) is 19.9 Å². The Bertz CT molecular complexity index is 2080. The number of isothiocyanates is 2. The average molecular weight is 908 g/mol. The number of rotatable bonds is 8. The number of nitrogens with zero attached hydrogens (tertiary/aromatic N) is 6. The van der Waals surface area contributed by atoms with Crippen LogP contribution >= 0.6 is 24.4 Å². The number of ketones is 4. The van der Waals surface area contributed by atoms with Gasteiger partial charge in [-0.2, -0.15) is 10.3 Å². The van der Waals surface area contributed by atoms with E-state index >= 15 is 0 Å². The van der Waals surface area contributed by atoms with E-state index in [1.54, 1.807) is 98.1 Å². The van der Waals surface area contributed by atoms with Crippen LogP contribution < -0.4 is 0 Å². The number of benzene rings is 4. The zero-order valence-corrected chi connectivity index (χ0v) is 35.9. The van der Waals surface area contributed by atoms with Gasteiger partial charge in [0.25, 0.3) is 0 Å². The summed E-state index contributed by atoms with van der Waals surface area (Å²) in [4.78, 5) is 62.8. The predicted molar refractivity (Wildman–Crippen MR) is 248 cm³/mol. The molecule has 8 rings (SSSR count). The van der Waals surface area contributed by atoms with Gasteiger partial charge in [0, 0.05) is 94.1 Å². The maximum atomic E-state index is 11.8. The average Bonchev–Trinajstić information content (AvgIpc) is 3.36. The van der Waals surface area contributed by atoms with Crippen LogP contribution in [0.25, 0.3) is 10.8 Å². The molecule has 4 aromatic heterocycles. The van der Waals surface area contributed by atoms with E-state index in [1.807, 2.05) is 121 Å². The fraction of sp³-hybridized carbons (Fsp3) is 0. The Kier molecular flexibility index (Phi) is 25.4. The van der Waals surface area contributed by atoms with Gasteiger partial charge in [-0.25, -0.2) is 0 Å². The topological polar surface area (TPSA) is 164 Å². The summed E-state index contributed by atoms with van der Waals surface area (Å²) in [5.74, 6) is 0.141. The molecule has 0 spiro atoms. The molecule has 0 amide bonds. The van der Waals surface area contributed by atoms with Gasteiger partial charge in [-0.1, -0.05) is 146 Å². The second-order valence-corrected chi connectivity index (χ2v) is 12.3. The first-order valence-electron chi connectivity index (χ1n) is 18.4. The normalized spacial score (nSPS) is 8.89. The summed E-state index contributed by atoms with van der Waals surface area (Å²) in [6.45, 7) is 0. The molecule has 8 aromatic rings. The van der Waals surface area contributed by atoms with Gasteiger partial charge in [0.05, 0.1) is 0 Å². The van der Waals surface area contributed by atoms with Gasteiger partial charge in [-0.3, -0.25) is 39.1 Å². The first kappa shape index (κ1) is 51.4. The zero-order valence-electron chi connectivity index (χ0n) is 33.2. The maximum absolute atomic E-state index is 11.8. The van der Waals surface area contributed by atoms with Crippen LogP contribution in [0.15, 0.2) is 219 Å². The number of pyridine rings is 4. The number of aromatic nitrogens is 4. The molecule has 0 fully saturated rings. The van der Waals surface area contributed by atoms with Gasteiger partial charge in [0.2, 0.25) is 0 Å². The van der Waals surface area contributed by atoms with E-state index in [2.05, 4.69) is 44.4 Å². The van der Waals surface area contributed by atoms with Crippen LogP contribution in [0.4, 0.5) is 0 Å². The zero-order chi connectivity index (χ0) is 44.6. The molecule has 0 aliphatic rings. The summed E-state index contributed by atoms with van der Waals surface area (Å²) in [5, 5.41) is 16.9. The van der Waals surface area contributed by atoms with Crippen molar-refractivity contribution >= 4 is 57.9 Å². The van der Waals surface area contributed by atoms with Crippen LogP contribution in [0.2, 0.25) is 0 Å². The van der Waals surface area contributed by atoms with E-state index in [0.29, 0.717) is 44.5 Å². The van der Waals surface area contributed by atoms with Crippen molar-refractivity contribution in [3.63, 3.8) is 0 Å². The van der Waals surface area contributed by atoms with Crippen molar-refractivity contribution in [2.45, 2.75) is 0 Å². The van der Waals surface area contributed by atoms with E-state index in [9.17, 15) is 19.2 Å². The number of thiocarbonyl (C=S) groups is 2. The molecule has 0 saturated carbocycles. The molecule has 63 heavy (non-hydrogen) atoms. The molecule has 0 bridgehead atoms. The summed E-state index contributed by atoms with van der Waals surface area (Å²) in [6.07, 6.45) is 13.0. The Labute approximate surface area is 386 Å². The third kappa shape index (κ3) is 19.0. The monoisotopic (exact) mass is 906 g/mol. The molecule has 0 unspecified atom stereocenters. The molecule has 0 aliphatic carbocycles. The molecule has 0 atom stereocenters. The molecule has 4 heterocycles. The molecule has 312 valence electrons. The van der Waals surface area contributed by atoms with Gasteiger partial charge in [0.1, 0.15) is 0 Å². The number of hydrogen-bond donors (Lipinski definition) is 0. The summed E-state index contributed by atoms with van der Waals surface area (Å²) in [7, 11) is 0. The van der Waals surface area contributed by atoms with E-state index < -0.39 is 0 Å². The molecule has 10 nitrogen and oxygen atoms in total. The second-order valence-electron chi connectivity index (χ2n) is 11.9. The van der Waals surface area contributed by atoms with Crippen LogP contribution in [-0.4, -0.2) is 53.4 Å². The molecule has 0 N–H and O–H groups in total. The molecule has 4 aromatic carbocycles. The standard InChI is InChI=1S/4C12H9NO.2CNS.Ni/c4*14-12(10-4-2-1-3-5-10)11-6-8-13-9-7-11;2*2-1-3;/h4*1-9H;;;/q;;;;2*-1;+2. The third-order valence-electron chi connectivity index (χ3n) is 7.91. The van der Waals surface area contributed by atoms with Crippen LogP contribution in [-0.2, 0) is 16.5 Å². The fourth-order valence-electron chi connectivity index (χ4n) is 5.04.